The minimum absolute atomic E-state index is 0.231. The second-order valence-corrected chi connectivity index (χ2v) is 5.88. The van der Waals surface area contributed by atoms with Crippen molar-refractivity contribution in [3.63, 3.8) is 0 Å². The summed E-state index contributed by atoms with van der Waals surface area (Å²) in [5, 5.41) is 3.01. The number of amides is 1. The highest BCUT2D eigenvalue weighted by Crippen LogP contribution is 2.08. The molecular weight excluding hydrogens is 210 g/mol. The van der Waals surface area contributed by atoms with Gasteiger partial charge in [0.1, 0.15) is 0 Å². The van der Waals surface area contributed by atoms with Crippen LogP contribution in [0.5, 0.6) is 0 Å². The molecule has 1 amide bonds. The summed E-state index contributed by atoms with van der Waals surface area (Å²) < 4.78 is 0. The van der Waals surface area contributed by atoms with Crippen LogP contribution in [0.1, 0.15) is 72.6 Å². The van der Waals surface area contributed by atoms with Gasteiger partial charge in [-0.1, -0.05) is 53.4 Å². The fourth-order valence-electron chi connectivity index (χ4n) is 1.84. The predicted molar refractivity (Wildman–Crippen MR) is 75.0 cm³/mol. The Hall–Kier alpha value is -0.530. The van der Waals surface area contributed by atoms with Crippen molar-refractivity contribution in [1.82, 2.24) is 5.32 Å². The zero-order valence-corrected chi connectivity index (χ0v) is 12.2. The molecule has 0 heterocycles. The molecule has 2 nitrogen and oxygen atoms in total. The molecule has 0 aromatic carbocycles. The van der Waals surface area contributed by atoms with E-state index in [1.165, 1.54) is 19.3 Å². The highest BCUT2D eigenvalue weighted by atomic mass is 16.1. The molecule has 0 spiro atoms. The van der Waals surface area contributed by atoms with E-state index in [0.29, 0.717) is 12.3 Å². The van der Waals surface area contributed by atoms with Crippen LogP contribution in [0.4, 0.5) is 0 Å². The van der Waals surface area contributed by atoms with Crippen molar-refractivity contribution in [3.05, 3.63) is 0 Å². The van der Waals surface area contributed by atoms with Gasteiger partial charge in [-0.25, -0.2) is 0 Å². The smallest absolute Gasteiger partial charge is 0.219 e. The molecule has 102 valence electrons. The molecule has 2 heteroatoms. The summed E-state index contributed by atoms with van der Waals surface area (Å²) in [6.07, 6.45) is 7.85. The van der Waals surface area contributed by atoms with E-state index >= 15 is 0 Å². The molecule has 17 heavy (non-hydrogen) atoms. The lowest BCUT2D eigenvalue weighted by Crippen LogP contribution is -2.24. The second kappa shape index (κ2) is 10.6. The third kappa shape index (κ3) is 13.4. The Morgan fingerprint density at radius 2 is 1.47 bits per heavy atom. The van der Waals surface area contributed by atoms with Gasteiger partial charge >= 0.3 is 0 Å². The predicted octanol–water partition coefficient (Wildman–Crippen LogP) is 4.15. The van der Waals surface area contributed by atoms with E-state index < -0.39 is 0 Å². The van der Waals surface area contributed by atoms with Crippen LogP contribution < -0.4 is 5.32 Å². The Bertz CT molecular complexity index is 187. The van der Waals surface area contributed by atoms with Gasteiger partial charge in [0.05, 0.1) is 0 Å². The Balaban J connectivity index is 3.22. The van der Waals surface area contributed by atoms with E-state index in [9.17, 15) is 4.79 Å². The number of nitrogens with one attached hydrogen (secondary N) is 1. The molecule has 0 saturated heterocycles. The van der Waals surface area contributed by atoms with Crippen LogP contribution in [0.2, 0.25) is 0 Å². The fraction of sp³-hybridized carbons (Fsp3) is 0.933. The van der Waals surface area contributed by atoms with Crippen molar-refractivity contribution in [2.45, 2.75) is 72.6 Å². The van der Waals surface area contributed by atoms with E-state index in [1.54, 1.807) is 0 Å². The first-order valence-corrected chi connectivity index (χ1v) is 7.29. The lowest BCUT2D eigenvalue weighted by Gasteiger charge is -2.07. The first-order valence-electron chi connectivity index (χ1n) is 7.29. The summed E-state index contributed by atoms with van der Waals surface area (Å²) in [4.78, 5) is 11.5. The van der Waals surface area contributed by atoms with Crippen LogP contribution in [-0.4, -0.2) is 12.5 Å². The van der Waals surface area contributed by atoms with Gasteiger partial charge in [0.25, 0.3) is 0 Å². The van der Waals surface area contributed by atoms with Gasteiger partial charge in [0.15, 0.2) is 0 Å². The van der Waals surface area contributed by atoms with Crippen LogP contribution in [0, 0.1) is 11.8 Å². The third-order valence-corrected chi connectivity index (χ3v) is 2.97. The van der Waals surface area contributed by atoms with Crippen LogP contribution in [0.25, 0.3) is 0 Å². The SMILES string of the molecule is CC(C)CCCCCNC(=O)CCCC(C)C. The zero-order valence-electron chi connectivity index (χ0n) is 12.2. The number of carbonyl (C=O) groups excluding carboxylic acids is 1. The summed E-state index contributed by atoms with van der Waals surface area (Å²) in [7, 11) is 0. The molecule has 0 aliphatic rings. The summed E-state index contributed by atoms with van der Waals surface area (Å²) in [6.45, 7) is 9.78. The average molecular weight is 241 g/mol. The zero-order chi connectivity index (χ0) is 13.1. The molecule has 0 atom stereocenters. The Morgan fingerprint density at radius 1 is 0.882 bits per heavy atom. The molecule has 0 fully saturated rings. The van der Waals surface area contributed by atoms with Crippen LogP contribution in [-0.2, 0) is 4.79 Å². The molecule has 0 aliphatic carbocycles. The maximum Gasteiger partial charge on any atom is 0.219 e. The minimum Gasteiger partial charge on any atom is -0.356 e. The lowest BCUT2D eigenvalue weighted by atomic mass is 10.1. The molecular formula is C15H31NO. The summed E-state index contributed by atoms with van der Waals surface area (Å²) in [6, 6.07) is 0. The van der Waals surface area contributed by atoms with Gasteiger partial charge in [0.2, 0.25) is 5.91 Å². The fourth-order valence-corrected chi connectivity index (χ4v) is 1.84. The van der Waals surface area contributed by atoms with Crippen LogP contribution in [0.3, 0.4) is 0 Å². The summed E-state index contributed by atoms with van der Waals surface area (Å²) >= 11 is 0. The van der Waals surface area contributed by atoms with E-state index in [-0.39, 0.29) is 5.91 Å². The standard InChI is InChI=1S/C15H31NO/c1-13(2)9-6-5-7-12-16-15(17)11-8-10-14(3)4/h13-14H,5-12H2,1-4H3,(H,16,17). The van der Waals surface area contributed by atoms with E-state index in [1.807, 2.05) is 0 Å². The van der Waals surface area contributed by atoms with Crippen LogP contribution >= 0.6 is 0 Å². The van der Waals surface area contributed by atoms with Crippen molar-refractivity contribution < 1.29 is 4.79 Å². The number of hydrogen-bond acceptors (Lipinski definition) is 1. The molecule has 0 aliphatic heterocycles. The molecule has 1 N–H and O–H groups in total. The highest BCUT2D eigenvalue weighted by molar-refractivity contribution is 5.75. The summed E-state index contributed by atoms with van der Waals surface area (Å²) in [5.74, 6) is 1.74. The monoisotopic (exact) mass is 241 g/mol. The molecule has 0 unspecified atom stereocenters. The van der Waals surface area contributed by atoms with Gasteiger partial charge in [-0.05, 0) is 24.7 Å². The molecule has 0 bridgehead atoms. The average Bonchev–Trinajstić information content (AvgIpc) is 2.22. The van der Waals surface area contributed by atoms with Gasteiger partial charge < -0.3 is 5.32 Å². The van der Waals surface area contributed by atoms with Crippen molar-refractivity contribution in [2.75, 3.05) is 6.54 Å². The van der Waals surface area contributed by atoms with Crippen molar-refractivity contribution >= 4 is 5.91 Å². The maximum absolute atomic E-state index is 11.5. The minimum atomic E-state index is 0.231. The van der Waals surface area contributed by atoms with E-state index in [4.69, 9.17) is 0 Å². The van der Waals surface area contributed by atoms with Gasteiger partial charge in [0, 0.05) is 13.0 Å². The molecule has 0 aromatic rings. The Labute approximate surface area is 108 Å². The number of rotatable bonds is 10. The number of hydrogen-bond donors (Lipinski definition) is 1. The third-order valence-electron chi connectivity index (χ3n) is 2.97. The second-order valence-electron chi connectivity index (χ2n) is 5.88. The van der Waals surface area contributed by atoms with Crippen molar-refractivity contribution in [1.29, 1.82) is 0 Å². The van der Waals surface area contributed by atoms with Crippen molar-refractivity contribution in [3.8, 4) is 0 Å². The Kier molecular flexibility index (Phi) is 10.3. The number of unbranched alkanes of at least 4 members (excludes halogenated alkanes) is 2. The lowest BCUT2D eigenvalue weighted by molar-refractivity contribution is -0.121. The first kappa shape index (κ1) is 16.5. The molecule has 0 saturated carbocycles. The van der Waals surface area contributed by atoms with E-state index in [2.05, 4.69) is 33.0 Å². The van der Waals surface area contributed by atoms with E-state index in [0.717, 1.165) is 31.7 Å². The Morgan fingerprint density at radius 3 is 2.06 bits per heavy atom. The van der Waals surface area contributed by atoms with Gasteiger partial charge in [-0.2, -0.15) is 0 Å². The van der Waals surface area contributed by atoms with Gasteiger partial charge in [-0.3, -0.25) is 4.79 Å². The maximum atomic E-state index is 11.5. The van der Waals surface area contributed by atoms with Crippen LogP contribution in [0.15, 0.2) is 0 Å². The topological polar surface area (TPSA) is 29.1 Å². The largest absolute Gasteiger partial charge is 0.356 e. The van der Waals surface area contributed by atoms with Crippen molar-refractivity contribution in [2.24, 2.45) is 11.8 Å². The quantitative estimate of drug-likeness (QED) is 0.572. The number of carbonyl (C=O) groups is 1. The summed E-state index contributed by atoms with van der Waals surface area (Å²) in [5.41, 5.74) is 0. The molecule has 0 aromatic heterocycles. The first-order chi connectivity index (χ1) is 8.02. The normalized spacial score (nSPS) is 11.2. The molecule has 0 radical (unpaired) electrons. The molecule has 0 rings (SSSR count). The highest BCUT2D eigenvalue weighted by Gasteiger charge is 2.01. The van der Waals surface area contributed by atoms with Gasteiger partial charge in [-0.15, -0.1) is 0 Å².